The lowest BCUT2D eigenvalue weighted by molar-refractivity contribution is -0.192. The van der Waals surface area contributed by atoms with Crippen LogP contribution in [0, 0.1) is 0 Å². The minimum atomic E-state index is -5.08. The summed E-state index contributed by atoms with van der Waals surface area (Å²) in [6, 6.07) is 7.89. The quantitative estimate of drug-likeness (QED) is 0.510. The van der Waals surface area contributed by atoms with Gasteiger partial charge < -0.3 is 15.2 Å². The molecule has 15 heteroatoms. The van der Waals surface area contributed by atoms with Crippen LogP contribution in [0.3, 0.4) is 0 Å². The van der Waals surface area contributed by atoms with E-state index in [0.29, 0.717) is 23.7 Å². The molecule has 0 saturated carbocycles. The summed E-state index contributed by atoms with van der Waals surface area (Å²) in [7, 11) is 0. The molecule has 1 aliphatic rings. The zero-order valence-corrected chi connectivity index (χ0v) is 18.5. The lowest BCUT2D eigenvalue weighted by Crippen LogP contribution is -2.52. The molecule has 1 saturated heterocycles. The first-order valence-electron chi connectivity index (χ1n) is 9.78. The first-order valence-corrected chi connectivity index (χ1v) is 10.2. The first kappa shape index (κ1) is 28.1. The highest BCUT2D eigenvalue weighted by Gasteiger charge is 2.38. The van der Waals surface area contributed by atoms with E-state index in [9.17, 15) is 31.1 Å². The molecule has 0 aliphatic carbocycles. The number of aliphatic carboxylic acids is 1. The lowest BCUT2D eigenvalue weighted by Gasteiger charge is -2.27. The van der Waals surface area contributed by atoms with E-state index in [1.807, 2.05) is 0 Å². The zero-order valence-electron chi connectivity index (χ0n) is 17.7. The Bertz CT molecular complexity index is 1010. The summed E-state index contributed by atoms with van der Waals surface area (Å²) < 4.78 is 74.2. The highest BCUT2D eigenvalue weighted by atomic mass is 35.5. The molecule has 0 radical (unpaired) electrons. The van der Waals surface area contributed by atoms with Gasteiger partial charge in [0.05, 0.1) is 5.56 Å². The number of halogens is 7. The predicted molar refractivity (Wildman–Crippen MR) is 112 cm³/mol. The molecule has 1 aromatic heterocycles. The number of amides is 1. The number of aromatic nitrogens is 1. The van der Waals surface area contributed by atoms with E-state index in [0.717, 1.165) is 13.1 Å². The minimum absolute atomic E-state index is 0.210. The number of carboxylic acids is 1. The number of nitrogens with zero attached hydrogens (tertiary/aromatic N) is 2. The lowest BCUT2D eigenvalue weighted by atomic mass is 10.1. The number of hydrogen-bond acceptors (Lipinski definition) is 6. The highest BCUT2D eigenvalue weighted by Crippen LogP contribution is 2.31. The van der Waals surface area contributed by atoms with Crippen molar-refractivity contribution in [2.24, 2.45) is 0 Å². The Morgan fingerprint density at radius 3 is 2.20 bits per heavy atom. The number of hydrazine groups is 1. The zero-order chi connectivity index (χ0) is 26.2. The molecular formula is C20H19ClF6N4O4. The van der Waals surface area contributed by atoms with Gasteiger partial charge >= 0.3 is 18.3 Å². The average molecular weight is 529 g/mol. The third-order valence-electron chi connectivity index (χ3n) is 4.26. The Balaban J connectivity index is 0.000000540. The molecule has 35 heavy (non-hydrogen) atoms. The van der Waals surface area contributed by atoms with Gasteiger partial charge in [0.2, 0.25) is 5.88 Å². The van der Waals surface area contributed by atoms with Crippen molar-refractivity contribution < 1.29 is 45.8 Å². The number of benzene rings is 1. The molecule has 8 nitrogen and oxygen atoms in total. The highest BCUT2D eigenvalue weighted by molar-refractivity contribution is 6.30. The van der Waals surface area contributed by atoms with Gasteiger partial charge in [-0.1, -0.05) is 23.7 Å². The number of carboxylic acid groups (broad SMARTS) is 1. The largest absolute Gasteiger partial charge is 0.490 e. The minimum Gasteiger partial charge on any atom is -0.475 e. The van der Waals surface area contributed by atoms with E-state index in [2.05, 4.69) is 15.7 Å². The Morgan fingerprint density at radius 2 is 1.69 bits per heavy atom. The monoisotopic (exact) mass is 528 g/mol. The molecule has 0 bridgehead atoms. The van der Waals surface area contributed by atoms with E-state index < -0.39 is 30.8 Å². The Morgan fingerprint density at radius 1 is 1.11 bits per heavy atom. The van der Waals surface area contributed by atoms with Crippen LogP contribution in [0.2, 0.25) is 5.02 Å². The molecule has 192 valence electrons. The second-order valence-corrected chi connectivity index (χ2v) is 7.40. The van der Waals surface area contributed by atoms with Crippen LogP contribution < -0.4 is 15.5 Å². The second-order valence-electron chi connectivity index (χ2n) is 6.97. The molecule has 1 fully saturated rings. The normalized spacial score (nSPS) is 14.5. The van der Waals surface area contributed by atoms with Gasteiger partial charge in [-0.3, -0.25) is 10.2 Å². The van der Waals surface area contributed by atoms with Crippen molar-refractivity contribution in [3.05, 3.63) is 47.1 Å². The molecule has 0 unspecified atom stereocenters. The summed E-state index contributed by atoms with van der Waals surface area (Å²) >= 11 is 5.88. The van der Waals surface area contributed by atoms with Crippen molar-refractivity contribution in [3.8, 4) is 17.0 Å². The van der Waals surface area contributed by atoms with Gasteiger partial charge in [0, 0.05) is 43.0 Å². The topological polar surface area (TPSA) is 104 Å². The molecule has 1 aliphatic heterocycles. The predicted octanol–water partition coefficient (Wildman–Crippen LogP) is 3.53. The SMILES string of the molecule is O=C(NN1CCNCC1)c1cnc(OCC(F)(F)F)c(-c2ccc(Cl)cc2)c1.O=C(O)C(F)(F)F. The van der Waals surface area contributed by atoms with Gasteiger partial charge in [-0.05, 0) is 23.8 Å². The molecule has 3 N–H and O–H groups in total. The van der Waals surface area contributed by atoms with Crippen LogP contribution in [0.4, 0.5) is 26.3 Å². The van der Waals surface area contributed by atoms with Crippen LogP contribution in [0.25, 0.3) is 11.1 Å². The summed E-state index contributed by atoms with van der Waals surface area (Å²) in [5.41, 5.74) is 3.79. The molecule has 3 rings (SSSR count). The van der Waals surface area contributed by atoms with E-state index in [1.54, 1.807) is 29.3 Å². The third kappa shape index (κ3) is 9.58. The first-order chi connectivity index (χ1) is 16.3. The van der Waals surface area contributed by atoms with Crippen molar-refractivity contribution in [3.63, 3.8) is 0 Å². The number of piperazine rings is 1. The molecular weight excluding hydrogens is 510 g/mol. The van der Waals surface area contributed by atoms with Gasteiger partial charge in [-0.25, -0.2) is 14.8 Å². The van der Waals surface area contributed by atoms with E-state index in [4.69, 9.17) is 26.2 Å². The van der Waals surface area contributed by atoms with Gasteiger partial charge in [-0.15, -0.1) is 0 Å². The van der Waals surface area contributed by atoms with Crippen LogP contribution in [0.5, 0.6) is 5.88 Å². The number of rotatable bonds is 5. The summed E-state index contributed by atoms with van der Waals surface area (Å²) in [6.45, 7) is 1.32. The van der Waals surface area contributed by atoms with Crippen LogP contribution in [-0.4, -0.2) is 72.1 Å². The Labute approximate surface area is 199 Å². The maximum absolute atomic E-state index is 12.6. The van der Waals surface area contributed by atoms with Gasteiger partial charge in [0.25, 0.3) is 5.91 Å². The van der Waals surface area contributed by atoms with Gasteiger partial charge in [-0.2, -0.15) is 26.3 Å². The number of alkyl halides is 6. The van der Waals surface area contributed by atoms with E-state index in [-0.39, 0.29) is 17.0 Å². The summed E-state index contributed by atoms with van der Waals surface area (Å²) in [5, 5.41) is 12.5. The molecule has 2 heterocycles. The number of hydrogen-bond donors (Lipinski definition) is 3. The molecule has 2 aromatic rings. The molecule has 0 atom stereocenters. The van der Waals surface area contributed by atoms with Crippen LogP contribution in [0.1, 0.15) is 10.4 Å². The van der Waals surface area contributed by atoms with Crippen LogP contribution in [-0.2, 0) is 4.79 Å². The number of ether oxygens (including phenoxy) is 1. The molecule has 1 aromatic carbocycles. The summed E-state index contributed by atoms with van der Waals surface area (Å²) in [5.74, 6) is -3.36. The summed E-state index contributed by atoms with van der Waals surface area (Å²) in [4.78, 5) is 25.4. The van der Waals surface area contributed by atoms with Crippen molar-refractivity contribution in [2.75, 3.05) is 32.8 Å². The van der Waals surface area contributed by atoms with Crippen LogP contribution in [0.15, 0.2) is 36.5 Å². The average Bonchev–Trinajstić information content (AvgIpc) is 2.78. The number of carbonyl (C=O) groups is 2. The fourth-order valence-electron chi connectivity index (χ4n) is 2.66. The molecule has 0 spiro atoms. The second kappa shape index (κ2) is 12.0. The van der Waals surface area contributed by atoms with E-state index >= 15 is 0 Å². The fraction of sp³-hybridized carbons (Fsp3) is 0.350. The van der Waals surface area contributed by atoms with Crippen LogP contribution >= 0.6 is 11.6 Å². The third-order valence-corrected chi connectivity index (χ3v) is 4.51. The fourth-order valence-corrected chi connectivity index (χ4v) is 2.79. The maximum Gasteiger partial charge on any atom is 0.490 e. The molecule has 1 amide bonds. The van der Waals surface area contributed by atoms with Crippen molar-refractivity contribution >= 4 is 23.5 Å². The smallest absolute Gasteiger partial charge is 0.475 e. The summed E-state index contributed by atoms with van der Waals surface area (Å²) in [6.07, 6.45) is -8.39. The Hall–Kier alpha value is -3.10. The van der Waals surface area contributed by atoms with Gasteiger partial charge in [0.1, 0.15) is 0 Å². The van der Waals surface area contributed by atoms with E-state index in [1.165, 1.54) is 12.3 Å². The number of pyridine rings is 1. The van der Waals surface area contributed by atoms with Crippen molar-refractivity contribution in [1.29, 1.82) is 0 Å². The van der Waals surface area contributed by atoms with Crippen molar-refractivity contribution in [2.45, 2.75) is 12.4 Å². The Kier molecular flexibility index (Phi) is 9.68. The van der Waals surface area contributed by atoms with Crippen molar-refractivity contribution in [1.82, 2.24) is 20.7 Å². The standard InChI is InChI=1S/C18H18ClF3N4O2.C2HF3O2/c19-14-3-1-12(2-4-14)15-9-13(10-24-17(15)28-11-18(20,21)22)16(27)25-26-7-5-23-6-8-26;3-2(4,5)1(6)7/h1-4,9-10,23H,5-8,11H2,(H,25,27);(H,6,7). The number of carbonyl (C=O) groups excluding carboxylic acids is 1. The number of nitrogens with one attached hydrogen (secondary N) is 2. The maximum atomic E-state index is 12.6. The van der Waals surface area contributed by atoms with Gasteiger partial charge in [0.15, 0.2) is 6.61 Å².